The first-order chi connectivity index (χ1) is 10.2. The molecule has 0 saturated heterocycles. The van der Waals surface area contributed by atoms with Gasteiger partial charge in [0.05, 0.1) is 0 Å². The minimum atomic E-state index is 0.00153. The molecule has 21 heavy (non-hydrogen) atoms. The summed E-state index contributed by atoms with van der Waals surface area (Å²) in [6.07, 6.45) is 3.31. The van der Waals surface area contributed by atoms with Crippen LogP contribution in [0, 0.1) is 0 Å². The fourth-order valence-electron chi connectivity index (χ4n) is 1.82. The van der Waals surface area contributed by atoms with Crippen molar-refractivity contribution < 1.29 is 9.21 Å². The first kappa shape index (κ1) is 13.0. The molecular weight excluding hydrogens is 268 g/mol. The SMILES string of the molecule is CC(=O)c1cccc(Nc2nnc(-c3ccncc3)o2)c1. The molecule has 0 aliphatic heterocycles. The fraction of sp³-hybridized carbons (Fsp3) is 0.0667. The second-order valence-corrected chi connectivity index (χ2v) is 4.41. The molecule has 3 rings (SSSR count). The van der Waals surface area contributed by atoms with Crippen LogP contribution in [0.25, 0.3) is 11.5 Å². The van der Waals surface area contributed by atoms with Gasteiger partial charge in [0, 0.05) is 29.2 Å². The lowest BCUT2D eigenvalue weighted by Crippen LogP contribution is -1.95. The van der Waals surface area contributed by atoms with E-state index in [0.717, 1.165) is 5.56 Å². The number of hydrogen-bond acceptors (Lipinski definition) is 6. The van der Waals surface area contributed by atoms with E-state index in [2.05, 4.69) is 20.5 Å². The molecule has 2 heterocycles. The van der Waals surface area contributed by atoms with Gasteiger partial charge in [0.2, 0.25) is 5.89 Å². The number of carbonyl (C=O) groups excluding carboxylic acids is 1. The lowest BCUT2D eigenvalue weighted by atomic mass is 10.1. The van der Waals surface area contributed by atoms with Gasteiger partial charge in [-0.2, -0.15) is 0 Å². The van der Waals surface area contributed by atoms with Crippen molar-refractivity contribution in [1.82, 2.24) is 15.2 Å². The molecule has 0 spiro atoms. The van der Waals surface area contributed by atoms with Crippen molar-refractivity contribution in [3.8, 4) is 11.5 Å². The van der Waals surface area contributed by atoms with Gasteiger partial charge < -0.3 is 9.73 Å². The van der Waals surface area contributed by atoms with Gasteiger partial charge in [-0.05, 0) is 31.2 Å². The summed E-state index contributed by atoms with van der Waals surface area (Å²) < 4.78 is 5.53. The Balaban J connectivity index is 1.82. The van der Waals surface area contributed by atoms with E-state index in [9.17, 15) is 4.79 Å². The van der Waals surface area contributed by atoms with Gasteiger partial charge in [-0.15, -0.1) is 5.10 Å². The third kappa shape index (κ3) is 2.94. The van der Waals surface area contributed by atoms with Crippen molar-refractivity contribution in [2.45, 2.75) is 6.92 Å². The monoisotopic (exact) mass is 280 g/mol. The molecule has 0 saturated carbocycles. The Kier molecular flexibility index (Phi) is 3.42. The second kappa shape index (κ2) is 5.54. The van der Waals surface area contributed by atoms with Crippen LogP contribution in [0.1, 0.15) is 17.3 Å². The van der Waals surface area contributed by atoms with Crippen LogP contribution in [-0.4, -0.2) is 21.0 Å². The van der Waals surface area contributed by atoms with Crippen LogP contribution in [0.5, 0.6) is 0 Å². The summed E-state index contributed by atoms with van der Waals surface area (Å²) in [6, 6.07) is 10.9. The largest absolute Gasteiger partial charge is 0.403 e. The number of carbonyl (C=O) groups is 1. The van der Waals surface area contributed by atoms with Gasteiger partial charge in [-0.3, -0.25) is 9.78 Å². The molecule has 0 unspecified atom stereocenters. The maximum Gasteiger partial charge on any atom is 0.320 e. The highest BCUT2D eigenvalue weighted by Crippen LogP contribution is 2.22. The van der Waals surface area contributed by atoms with Crippen LogP contribution < -0.4 is 5.32 Å². The van der Waals surface area contributed by atoms with Crippen LogP contribution in [0.2, 0.25) is 0 Å². The molecule has 1 N–H and O–H groups in total. The van der Waals surface area contributed by atoms with Crippen LogP contribution in [0.15, 0.2) is 53.2 Å². The van der Waals surface area contributed by atoms with E-state index in [1.807, 2.05) is 6.07 Å². The fourth-order valence-corrected chi connectivity index (χ4v) is 1.82. The zero-order valence-corrected chi connectivity index (χ0v) is 11.3. The lowest BCUT2D eigenvalue weighted by molar-refractivity contribution is 0.101. The first-order valence-corrected chi connectivity index (χ1v) is 6.34. The Hall–Kier alpha value is -3.02. The van der Waals surface area contributed by atoms with E-state index in [4.69, 9.17) is 4.42 Å². The summed E-state index contributed by atoms with van der Waals surface area (Å²) in [7, 11) is 0. The topological polar surface area (TPSA) is 80.9 Å². The Morgan fingerprint density at radius 2 is 1.95 bits per heavy atom. The molecular formula is C15H12N4O2. The standard InChI is InChI=1S/C15H12N4O2/c1-10(20)12-3-2-4-13(9-12)17-15-19-18-14(21-15)11-5-7-16-8-6-11/h2-9H,1H3,(H,17,19). The molecule has 0 atom stereocenters. The van der Waals surface area contributed by atoms with Crippen LogP contribution >= 0.6 is 0 Å². The van der Waals surface area contributed by atoms with Crippen LogP contribution in [0.3, 0.4) is 0 Å². The molecule has 0 aliphatic rings. The molecule has 0 radical (unpaired) electrons. The summed E-state index contributed by atoms with van der Waals surface area (Å²) >= 11 is 0. The Bertz CT molecular complexity index is 768. The molecule has 6 heteroatoms. The summed E-state index contributed by atoms with van der Waals surface area (Å²) in [4.78, 5) is 15.3. The number of anilines is 2. The predicted octanol–water partition coefficient (Wildman–Crippen LogP) is 3.08. The smallest absolute Gasteiger partial charge is 0.320 e. The quantitative estimate of drug-likeness (QED) is 0.740. The van der Waals surface area contributed by atoms with Gasteiger partial charge in [-0.1, -0.05) is 17.2 Å². The van der Waals surface area contributed by atoms with E-state index in [1.165, 1.54) is 6.92 Å². The average molecular weight is 280 g/mol. The van der Waals surface area contributed by atoms with Crippen molar-refractivity contribution >= 4 is 17.5 Å². The van der Waals surface area contributed by atoms with Crippen LogP contribution in [-0.2, 0) is 0 Å². The van der Waals surface area contributed by atoms with Crippen molar-refractivity contribution in [2.75, 3.05) is 5.32 Å². The van der Waals surface area contributed by atoms with E-state index >= 15 is 0 Å². The van der Waals surface area contributed by atoms with E-state index < -0.39 is 0 Å². The highest BCUT2D eigenvalue weighted by atomic mass is 16.4. The Morgan fingerprint density at radius 1 is 1.14 bits per heavy atom. The third-order valence-electron chi connectivity index (χ3n) is 2.87. The number of nitrogens with zero attached hydrogens (tertiary/aromatic N) is 3. The number of Topliss-reactive ketones (excluding diaryl/α,β-unsaturated/α-hetero) is 1. The van der Waals surface area contributed by atoms with Gasteiger partial charge in [-0.25, -0.2) is 0 Å². The molecule has 3 aromatic rings. The molecule has 6 nitrogen and oxygen atoms in total. The Morgan fingerprint density at radius 3 is 2.71 bits per heavy atom. The summed E-state index contributed by atoms with van der Waals surface area (Å²) in [5.41, 5.74) is 2.13. The number of pyridine rings is 1. The zero-order valence-electron chi connectivity index (χ0n) is 11.3. The molecule has 2 aromatic heterocycles. The van der Waals surface area contributed by atoms with Gasteiger partial charge >= 0.3 is 6.01 Å². The molecule has 104 valence electrons. The van der Waals surface area contributed by atoms with E-state index in [0.29, 0.717) is 17.1 Å². The Labute approximate surface area is 120 Å². The first-order valence-electron chi connectivity index (χ1n) is 6.34. The summed E-state index contributed by atoms with van der Waals surface area (Å²) in [5.74, 6) is 0.407. The predicted molar refractivity (Wildman–Crippen MR) is 77.3 cm³/mol. The highest BCUT2D eigenvalue weighted by molar-refractivity contribution is 5.95. The number of rotatable bonds is 4. The van der Waals surface area contributed by atoms with Crippen molar-refractivity contribution in [3.05, 3.63) is 54.4 Å². The van der Waals surface area contributed by atoms with E-state index in [1.54, 1.807) is 42.7 Å². The number of aromatic nitrogens is 3. The van der Waals surface area contributed by atoms with Crippen molar-refractivity contribution in [3.63, 3.8) is 0 Å². The minimum absolute atomic E-state index is 0.00153. The highest BCUT2D eigenvalue weighted by Gasteiger charge is 2.09. The van der Waals surface area contributed by atoms with Crippen LogP contribution in [0.4, 0.5) is 11.7 Å². The normalized spacial score (nSPS) is 10.3. The third-order valence-corrected chi connectivity index (χ3v) is 2.87. The van der Waals surface area contributed by atoms with Gasteiger partial charge in [0.15, 0.2) is 5.78 Å². The number of hydrogen-bond donors (Lipinski definition) is 1. The minimum Gasteiger partial charge on any atom is -0.403 e. The zero-order chi connectivity index (χ0) is 14.7. The number of ketones is 1. The maximum absolute atomic E-state index is 11.4. The van der Waals surface area contributed by atoms with Gasteiger partial charge in [0.1, 0.15) is 0 Å². The number of benzene rings is 1. The van der Waals surface area contributed by atoms with E-state index in [-0.39, 0.29) is 11.8 Å². The molecule has 0 fully saturated rings. The number of nitrogens with one attached hydrogen (secondary N) is 1. The molecule has 1 aromatic carbocycles. The molecule has 0 bridgehead atoms. The summed E-state index contributed by atoms with van der Waals surface area (Å²) in [5, 5.41) is 10.9. The van der Waals surface area contributed by atoms with Gasteiger partial charge in [0.25, 0.3) is 0 Å². The van der Waals surface area contributed by atoms with Crippen molar-refractivity contribution in [1.29, 1.82) is 0 Å². The second-order valence-electron chi connectivity index (χ2n) is 4.41. The molecule has 0 aliphatic carbocycles. The van der Waals surface area contributed by atoms with Crippen molar-refractivity contribution in [2.24, 2.45) is 0 Å². The lowest BCUT2D eigenvalue weighted by Gasteiger charge is -2.02. The average Bonchev–Trinajstić information content (AvgIpc) is 2.97. The molecule has 0 amide bonds. The summed E-state index contributed by atoms with van der Waals surface area (Å²) in [6.45, 7) is 1.52. The maximum atomic E-state index is 11.4.